The molecule has 0 radical (unpaired) electrons. The number of ether oxygens (including phenoxy) is 1. The molecular weight excluding hydrogens is 288 g/mol. The minimum Gasteiger partial charge on any atom is -0.378 e. The predicted molar refractivity (Wildman–Crippen MR) is 85.9 cm³/mol. The zero-order valence-corrected chi connectivity index (χ0v) is 13.6. The van der Waals surface area contributed by atoms with Gasteiger partial charge in [0.25, 0.3) is 0 Å². The molecule has 2 aromatic heterocycles. The van der Waals surface area contributed by atoms with E-state index in [4.69, 9.17) is 4.74 Å². The molecule has 0 aliphatic heterocycles. The largest absolute Gasteiger partial charge is 0.378 e. The summed E-state index contributed by atoms with van der Waals surface area (Å²) in [6, 6.07) is 0. The van der Waals surface area contributed by atoms with Gasteiger partial charge in [0.2, 0.25) is 0 Å². The molecule has 3 rings (SSSR count). The van der Waals surface area contributed by atoms with Crippen LogP contribution in [0.15, 0.2) is 11.4 Å². The van der Waals surface area contributed by atoms with Crippen molar-refractivity contribution in [3.8, 4) is 0 Å². The Morgan fingerprint density at radius 3 is 3.00 bits per heavy atom. The highest BCUT2D eigenvalue weighted by molar-refractivity contribution is 7.99. The number of thiophene rings is 1. The molecule has 0 saturated heterocycles. The van der Waals surface area contributed by atoms with Crippen molar-refractivity contribution in [2.24, 2.45) is 0 Å². The lowest BCUT2D eigenvalue weighted by atomic mass is 9.97. The Morgan fingerprint density at radius 2 is 2.15 bits per heavy atom. The normalized spacial score (nSPS) is 14.9. The van der Waals surface area contributed by atoms with E-state index in [1.165, 1.54) is 46.3 Å². The SMILES string of the molecule is CC(C)OCCSc1ncnc2sc3c(c12)CCCC3. The molecule has 0 atom stereocenters. The highest BCUT2D eigenvalue weighted by atomic mass is 32.2. The molecule has 1 aliphatic rings. The van der Waals surface area contributed by atoms with E-state index in [-0.39, 0.29) is 0 Å². The fraction of sp³-hybridized carbons (Fsp3) is 0.600. The molecule has 1 aliphatic carbocycles. The highest BCUT2D eigenvalue weighted by Crippen LogP contribution is 2.39. The number of hydrogen-bond acceptors (Lipinski definition) is 5. The van der Waals surface area contributed by atoms with Crippen LogP contribution in [0.5, 0.6) is 0 Å². The molecule has 0 unspecified atom stereocenters. The monoisotopic (exact) mass is 308 g/mol. The lowest BCUT2D eigenvalue weighted by molar-refractivity contribution is 0.0920. The minimum atomic E-state index is 0.301. The molecule has 0 N–H and O–H groups in total. The van der Waals surface area contributed by atoms with E-state index in [2.05, 4.69) is 23.8 Å². The lowest BCUT2D eigenvalue weighted by Gasteiger charge is -2.11. The number of hydrogen-bond donors (Lipinski definition) is 0. The molecule has 3 nitrogen and oxygen atoms in total. The second-order valence-corrected chi connectivity index (χ2v) is 7.51. The van der Waals surface area contributed by atoms with Crippen LogP contribution in [0.3, 0.4) is 0 Å². The number of thioether (sulfide) groups is 1. The van der Waals surface area contributed by atoms with Crippen molar-refractivity contribution in [3.63, 3.8) is 0 Å². The quantitative estimate of drug-likeness (QED) is 0.473. The first kappa shape index (κ1) is 14.3. The van der Waals surface area contributed by atoms with Crippen molar-refractivity contribution < 1.29 is 4.74 Å². The third-order valence-corrected chi connectivity index (χ3v) is 5.64. The van der Waals surface area contributed by atoms with E-state index in [9.17, 15) is 0 Å². The highest BCUT2D eigenvalue weighted by Gasteiger charge is 2.19. The van der Waals surface area contributed by atoms with Crippen LogP contribution in [0.25, 0.3) is 10.2 Å². The van der Waals surface area contributed by atoms with Crippen molar-refractivity contribution in [1.82, 2.24) is 9.97 Å². The number of aryl methyl sites for hydroxylation is 2. The molecule has 0 fully saturated rings. The first-order valence-corrected chi connectivity index (χ1v) is 9.05. The summed E-state index contributed by atoms with van der Waals surface area (Å²) in [6.07, 6.45) is 7.03. The van der Waals surface area contributed by atoms with Gasteiger partial charge in [0.05, 0.1) is 12.7 Å². The van der Waals surface area contributed by atoms with Crippen molar-refractivity contribution in [1.29, 1.82) is 0 Å². The summed E-state index contributed by atoms with van der Waals surface area (Å²) in [4.78, 5) is 11.7. The number of nitrogens with zero attached hydrogens (tertiary/aromatic N) is 2. The van der Waals surface area contributed by atoms with E-state index in [1.807, 2.05) is 11.3 Å². The summed E-state index contributed by atoms with van der Waals surface area (Å²) in [5.74, 6) is 0.953. The van der Waals surface area contributed by atoms with Crippen LogP contribution < -0.4 is 0 Å². The van der Waals surface area contributed by atoms with Gasteiger partial charge in [-0.15, -0.1) is 23.1 Å². The van der Waals surface area contributed by atoms with Gasteiger partial charge in [-0.1, -0.05) is 0 Å². The Kier molecular flexibility index (Phi) is 4.58. The van der Waals surface area contributed by atoms with Gasteiger partial charge >= 0.3 is 0 Å². The summed E-state index contributed by atoms with van der Waals surface area (Å²) < 4.78 is 5.61. The second-order valence-electron chi connectivity index (χ2n) is 5.34. The van der Waals surface area contributed by atoms with Gasteiger partial charge in [-0.05, 0) is 45.1 Å². The third kappa shape index (κ3) is 3.00. The van der Waals surface area contributed by atoms with Crippen LogP contribution in [0, 0.1) is 0 Å². The van der Waals surface area contributed by atoms with Crippen LogP contribution in [0.1, 0.15) is 37.1 Å². The molecule has 0 spiro atoms. The molecule has 108 valence electrons. The van der Waals surface area contributed by atoms with Gasteiger partial charge < -0.3 is 4.74 Å². The third-order valence-electron chi connectivity index (χ3n) is 3.49. The maximum atomic E-state index is 5.61. The van der Waals surface area contributed by atoms with Crippen molar-refractivity contribution >= 4 is 33.3 Å². The average molecular weight is 308 g/mol. The number of fused-ring (bicyclic) bond motifs is 3. The molecular formula is C15H20N2OS2. The Balaban J connectivity index is 1.81. The Labute approximate surface area is 128 Å². The lowest BCUT2D eigenvalue weighted by Crippen LogP contribution is -2.05. The number of rotatable bonds is 5. The summed E-state index contributed by atoms with van der Waals surface area (Å²) in [5.41, 5.74) is 1.52. The molecule has 2 aromatic rings. The fourth-order valence-electron chi connectivity index (χ4n) is 2.59. The second kappa shape index (κ2) is 6.41. The molecule has 0 bridgehead atoms. The molecule has 5 heteroatoms. The number of aromatic nitrogens is 2. The summed E-state index contributed by atoms with van der Waals surface area (Å²) in [5, 5.41) is 2.46. The van der Waals surface area contributed by atoms with E-state index in [1.54, 1.807) is 18.1 Å². The molecule has 0 aromatic carbocycles. The molecule has 0 amide bonds. The molecule has 20 heavy (non-hydrogen) atoms. The topological polar surface area (TPSA) is 35.0 Å². The van der Waals surface area contributed by atoms with Gasteiger partial charge in [-0.2, -0.15) is 0 Å². The van der Waals surface area contributed by atoms with E-state index in [0.717, 1.165) is 17.4 Å². The van der Waals surface area contributed by atoms with Crippen molar-refractivity contribution in [2.75, 3.05) is 12.4 Å². The minimum absolute atomic E-state index is 0.301. The van der Waals surface area contributed by atoms with Gasteiger partial charge in [0.1, 0.15) is 16.2 Å². The van der Waals surface area contributed by atoms with Gasteiger partial charge in [0.15, 0.2) is 0 Å². The van der Waals surface area contributed by atoms with Crippen LogP contribution in [-0.4, -0.2) is 28.4 Å². The zero-order valence-electron chi connectivity index (χ0n) is 12.0. The maximum Gasteiger partial charge on any atom is 0.128 e. The van der Waals surface area contributed by atoms with E-state index >= 15 is 0 Å². The summed E-state index contributed by atoms with van der Waals surface area (Å²) >= 11 is 3.66. The van der Waals surface area contributed by atoms with E-state index < -0.39 is 0 Å². The predicted octanol–water partition coefficient (Wildman–Crippen LogP) is 4.09. The zero-order chi connectivity index (χ0) is 13.9. The van der Waals surface area contributed by atoms with Crippen LogP contribution in [-0.2, 0) is 17.6 Å². The smallest absolute Gasteiger partial charge is 0.128 e. The maximum absolute atomic E-state index is 5.61. The van der Waals surface area contributed by atoms with E-state index in [0.29, 0.717) is 6.10 Å². The molecule has 2 heterocycles. The Morgan fingerprint density at radius 1 is 1.30 bits per heavy atom. The average Bonchev–Trinajstić information content (AvgIpc) is 2.82. The van der Waals surface area contributed by atoms with Crippen LogP contribution >= 0.6 is 23.1 Å². The van der Waals surface area contributed by atoms with Gasteiger partial charge in [0, 0.05) is 16.0 Å². The summed E-state index contributed by atoms with van der Waals surface area (Å²) in [7, 11) is 0. The van der Waals surface area contributed by atoms with Crippen molar-refractivity contribution in [3.05, 3.63) is 16.8 Å². The van der Waals surface area contributed by atoms with Crippen LogP contribution in [0.2, 0.25) is 0 Å². The molecule has 0 saturated carbocycles. The first-order valence-electron chi connectivity index (χ1n) is 7.25. The summed E-state index contributed by atoms with van der Waals surface area (Å²) in [6.45, 7) is 4.92. The first-order chi connectivity index (χ1) is 9.75. The standard InChI is InChI=1S/C15H20N2OS2/c1-10(2)18-7-8-19-14-13-11-5-3-4-6-12(11)20-15(13)17-9-16-14/h9-10H,3-8H2,1-2H3. The van der Waals surface area contributed by atoms with Gasteiger partial charge in [-0.3, -0.25) is 0 Å². The van der Waals surface area contributed by atoms with Crippen LogP contribution in [0.4, 0.5) is 0 Å². The Bertz CT molecular complexity index is 595. The Hall–Kier alpha value is -0.650. The fourth-order valence-corrected chi connectivity index (χ4v) is 4.75. The van der Waals surface area contributed by atoms with Crippen molar-refractivity contribution in [2.45, 2.75) is 50.7 Å². The van der Waals surface area contributed by atoms with Gasteiger partial charge in [-0.25, -0.2) is 9.97 Å².